The third-order valence-corrected chi connectivity index (χ3v) is 5.19. The first-order valence-corrected chi connectivity index (χ1v) is 8.11. The van der Waals surface area contributed by atoms with Gasteiger partial charge >= 0.3 is 0 Å². The summed E-state index contributed by atoms with van der Waals surface area (Å²) in [6.07, 6.45) is 2.89. The largest absolute Gasteiger partial charge is 0.392 e. The normalized spacial score (nSPS) is 12.1. The van der Waals surface area contributed by atoms with Crippen LogP contribution in [0.15, 0.2) is 23.1 Å². The van der Waals surface area contributed by atoms with Crippen LogP contribution in [0.5, 0.6) is 0 Å². The van der Waals surface area contributed by atoms with Crippen molar-refractivity contribution in [1.82, 2.24) is 4.31 Å². The maximum Gasteiger partial charge on any atom is 0.242 e. The van der Waals surface area contributed by atoms with E-state index in [1.54, 1.807) is 7.05 Å². The van der Waals surface area contributed by atoms with Crippen molar-refractivity contribution in [3.63, 3.8) is 0 Å². The molecule has 0 unspecified atom stereocenters. The molecule has 1 rings (SSSR count). The molecule has 0 aliphatic rings. The fourth-order valence-corrected chi connectivity index (χ4v) is 3.16. The maximum atomic E-state index is 12.3. The van der Waals surface area contributed by atoms with E-state index in [0.717, 1.165) is 19.3 Å². The fraction of sp³-hybridized carbons (Fsp3) is 0.538. The van der Waals surface area contributed by atoms with E-state index < -0.39 is 10.0 Å². The Balaban J connectivity index is 2.93. The van der Waals surface area contributed by atoms with E-state index in [-0.39, 0.29) is 11.5 Å². The van der Waals surface area contributed by atoms with Gasteiger partial charge in [-0.3, -0.25) is 0 Å². The molecule has 1 N–H and O–H groups in total. The molecule has 0 aliphatic heterocycles. The molecule has 0 saturated heterocycles. The van der Waals surface area contributed by atoms with Gasteiger partial charge in [0.25, 0.3) is 0 Å². The lowest BCUT2D eigenvalue weighted by Crippen LogP contribution is -2.28. The Morgan fingerprint density at radius 2 is 2.00 bits per heavy atom. The van der Waals surface area contributed by atoms with Crippen LogP contribution in [0.2, 0.25) is 5.02 Å². The van der Waals surface area contributed by atoms with Gasteiger partial charge < -0.3 is 5.11 Å². The SMILES string of the molecule is CCCCCN(C)S(=O)(=O)c1ccc(Cl)c(CO)c1. The molecular weight excluding hydrogens is 286 g/mol. The molecular formula is C13H20ClNO3S. The number of hydrogen-bond donors (Lipinski definition) is 1. The van der Waals surface area contributed by atoms with E-state index in [9.17, 15) is 8.42 Å². The van der Waals surface area contributed by atoms with Crippen molar-refractivity contribution in [3.8, 4) is 0 Å². The van der Waals surface area contributed by atoms with E-state index in [1.807, 2.05) is 0 Å². The Morgan fingerprint density at radius 1 is 1.32 bits per heavy atom. The van der Waals surface area contributed by atoms with Gasteiger partial charge in [-0.2, -0.15) is 0 Å². The van der Waals surface area contributed by atoms with Gasteiger partial charge in [-0.15, -0.1) is 0 Å². The van der Waals surface area contributed by atoms with Crippen LogP contribution in [-0.4, -0.2) is 31.4 Å². The molecule has 0 heterocycles. The average Bonchev–Trinajstić information content (AvgIpc) is 2.39. The minimum absolute atomic E-state index is 0.167. The number of aliphatic hydroxyl groups excluding tert-OH is 1. The molecule has 6 heteroatoms. The third-order valence-electron chi connectivity index (χ3n) is 2.97. The second-order valence-corrected chi connectivity index (χ2v) is 6.90. The first-order chi connectivity index (χ1) is 8.93. The molecule has 0 aromatic heterocycles. The molecule has 0 saturated carbocycles. The molecule has 4 nitrogen and oxygen atoms in total. The van der Waals surface area contributed by atoms with E-state index in [4.69, 9.17) is 16.7 Å². The van der Waals surface area contributed by atoms with Crippen LogP contribution in [0.1, 0.15) is 31.7 Å². The highest BCUT2D eigenvalue weighted by atomic mass is 35.5. The Morgan fingerprint density at radius 3 is 2.58 bits per heavy atom. The highest BCUT2D eigenvalue weighted by molar-refractivity contribution is 7.89. The van der Waals surface area contributed by atoms with Gasteiger partial charge in [0.05, 0.1) is 11.5 Å². The Kier molecular flexibility index (Phi) is 6.26. The number of aliphatic hydroxyl groups is 1. The Hall–Kier alpha value is -0.620. The van der Waals surface area contributed by atoms with Crippen molar-refractivity contribution >= 4 is 21.6 Å². The topological polar surface area (TPSA) is 57.6 Å². The van der Waals surface area contributed by atoms with Crippen LogP contribution in [0.3, 0.4) is 0 Å². The number of hydrogen-bond acceptors (Lipinski definition) is 3. The summed E-state index contributed by atoms with van der Waals surface area (Å²) in [5, 5.41) is 9.50. The smallest absolute Gasteiger partial charge is 0.242 e. The average molecular weight is 306 g/mol. The predicted molar refractivity (Wildman–Crippen MR) is 76.7 cm³/mol. The number of halogens is 1. The van der Waals surface area contributed by atoms with Crippen LogP contribution in [0.25, 0.3) is 0 Å². The van der Waals surface area contributed by atoms with Crippen molar-refractivity contribution in [1.29, 1.82) is 0 Å². The summed E-state index contributed by atoms with van der Waals surface area (Å²) in [6, 6.07) is 4.39. The minimum atomic E-state index is -3.51. The van der Waals surface area contributed by atoms with Gasteiger partial charge in [-0.25, -0.2) is 12.7 Å². The molecule has 0 atom stereocenters. The lowest BCUT2D eigenvalue weighted by Gasteiger charge is -2.17. The van der Waals surface area contributed by atoms with Gasteiger partial charge in [-0.1, -0.05) is 31.4 Å². The number of rotatable bonds is 7. The van der Waals surface area contributed by atoms with E-state index in [2.05, 4.69) is 6.92 Å². The standard InChI is InChI=1S/C13H20ClNO3S/c1-3-4-5-8-15(2)19(17,18)12-6-7-13(14)11(9-12)10-16/h6-7,9,16H,3-5,8,10H2,1-2H3. The summed E-state index contributed by atoms with van der Waals surface area (Å²) < 4.78 is 26.0. The molecule has 108 valence electrons. The molecule has 0 amide bonds. The predicted octanol–water partition coefficient (Wildman–Crippen LogP) is 2.64. The first-order valence-electron chi connectivity index (χ1n) is 6.29. The highest BCUT2D eigenvalue weighted by Crippen LogP contribution is 2.22. The number of sulfonamides is 1. The molecule has 0 fully saturated rings. The third kappa shape index (κ3) is 4.18. The Bertz CT molecular complexity index is 517. The van der Waals surface area contributed by atoms with Crippen molar-refractivity contribution in [2.75, 3.05) is 13.6 Å². The number of benzene rings is 1. The van der Waals surface area contributed by atoms with Gasteiger partial charge in [0.15, 0.2) is 0 Å². The minimum Gasteiger partial charge on any atom is -0.392 e. The monoisotopic (exact) mass is 305 g/mol. The zero-order chi connectivity index (χ0) is 14.5. The molecule has 0 radical (unpaired) electrons. The Labute approximate surface area is 120 Å². The first kappa shape index (κ1) is 16.4. The second-order valence-electron chi connectivity index (χ2n) is 4.45. The van der Waals surface area contributed by atoms with Crippen LogP contribution in [0.4, 0.5) is 0 Å². The van der Waals surface area contributed by atoms with Gasteiger partial charge in [0.2, 0.25) is 10.0 Å². The highest BCUT2D eigenvalue weighted by Gasteiger charge is 2.21. The van der Waals surface area contributed by atoms with E-state index in [0.29, 0.717) is 17.1 Å². The summed E-state index contributed by atoms with van der Waals surface area (Å²) in [4.78, 5) is 0.167. The number of nitrogens with zero attached hydrogens (tertiary/aromatic N) is 1. The molecule has 19 heavy (non-hydrogen) atoms. The molecule has 1 aromatic rings. The lowest BCUT2D eigenvalue weighted by molar-refractivity contribution is 0.281. The summed E-state index contributed by atoms with van der Waals surface area (Å²) in [5.41, 5.74) is 0.421. The molecule has 1 aromatic carbocycles. The van der Waals surface area contributed by atoms with Crippen molar-refractivity contribution in [3.05, 3.63) is 28.8 Å². The molecule has 0 aliphatic carbocycles. The van der Waals surface area contributed by atoms with Crippen molar-refractivity contribution < 1.29 is 13.5 Å². The van der Waals surface area contributed by atoms with Crippen LogP contribution >= 0.6 is 11.6 Å². The van der Waals surface area contributed by atoms with Crippen LogP contribution < -0.4 is 0 Å². The van der Waals surface area contributed by atoms with E-state index in [1.165, 1.54) is 22.5 Å². The van der Waals surface area contributed by atoms with Crippen molar-refractivity contribution in [2.45, 2.75) is 37.7 Å². The summed E-state index contributed by atoms with van der Waals surface area (Å²) >= 11 is 5.86. The van der Waals surface area contributed by atoms with E-state index >= 15 is 0 Å². The lowest BCUT2D eigenvalue weighted by atomic mass is 10.2. The van der Waals surface area contributed by atoms with Gasteiger partial charge in [0, 0.05) is 18.6 Å². The zero-order valence-corrected chi connectivity index (χ0v) is 12.8. The summed E-state index contributed by atoms with van der Waals surface area (Å²) in [6.45, 7) is 2.29. The van der Waals surface area contributed by atoms with Gasteiger partial charge in [-0.05, 0) is 30.2 Å². The summed E-state index contributed by atoms with van der Waals surface area (Å²) in [5.74, 6) is 0. The fourth-order valence-electron chi connectivity index (χ4n) is 1.72. The second kappa shape index (κ2) is 7.24. The quantitative estimate of drug-likeness (QED) is 0.788. The molecule has 0 bridgehead atoms. The van der Waals surface area contributed by atoms with Crippen molar-refractivity contribution in [2.24, 2.45) is 0 Å². The maximum absolute atomic E-state index is 12.3. The summed E-state index contributed by atoms with van der Waals surface area (Å²) in [7, 11) is -1.94. The van der Waals surface area contributed by atoms with Gasteiger partial charge in [0.1, 0.15) is 0 Å². The number of unbranched alkanes of at least 4 members (excludes halogenated alkanes) is 2. The zero-order valence-electron chi connectivity index (χ0n) is 11.3. The molecule has 0 spiro atoms. The van der Waals surface area contributed by atoms with Crippen LogP contribution in [0, 0.1) is 0 Å². The van der Waals surface area contributed by atoms with Crippen LogP contribution in [-0.2, 0) is 16.6 Å².